The van der Waals surface area contributed by atoms with Gasteiger partial charge in [0.15, 0.2) is 0 Å². The van der Waals surface area contributed by atoms with Crippen molar-refractivity contribution < 1.29 is 14.3 Å². The van der Waals surface area contributed by atoms with Crippen LogP contribution in [0.4, 0.5) is 4.39 Å². The summed E-state index contributed by atoms with van der Waals surface area (Å²) < 4.78 is 15.5. The number of carbonyl (C=O) groups is 1. The number of aryl methyl sites for hydroxylation is 1. The van der Waals surface area contributed by atoms with Crippen LogP contribution in [0.15, 0.2) is 42.5 Å². The highest BCUT2D eigenvalue weighted by Crippen LogP contribution is 2.29. The summed E-state index contributed by atoms with van der Waals surface area (Å²) in [7, 11) is 0. The first kappa shape index (κ1) is 19.6. The maximum atomic E-state index is 13.7. The third kappa shape index (κ3) is 4.20. The van der Waals surface area contributed by atoms with E-state index in [1.165, 1.54) is 31.4 Å². The lowest BCUT2D eigenvalue weighted by molar-refractivity contribution is 0.0684. The van der Waals surface area contributed by atoms with Crippen LogP contribution >= 0.6 is 0 Å². The van der Waals surface area contributed by atoms with Crippen molar-refractivity contribution in [3.63, 3.8) is 0 Å². The molecule has 1 aliphatic rings. The highest BCUT2D eigenvalue weighted by molar-refractivity contribution is 5.98. The van der Waals surface area contributed by atoms with Gasteiger partial charge < -0.3 is 15.0 Å². The molecule has 29 heavy (non-hydrogen) atoms. The average molecular weight is 394 g/mol. The highest BCUT2D eigenvalue weighted by Gasteiger charge is 2.23. The van der Waals surface area contributed by atoms with Crippen LogP contribution in [0.25, 0.3) is 10.9 Å². The summed E-state index contributed by atoms with van der Waals surface area (Å²) in [6, 6.07) is 12.8. The quantitative estimate of drug-likeness (QED) is 0.600. The molecule has 152 valence electrons. The first-order valence-electron chi connectivity index (χ1n) is 10.4. The van der Waals surface area contributed by atoms with Crippen LogP contribution in [0.5, 0.6) is 0 Å². The Labute approximate surface area is 170 Å². The van der Waals surface area contributed by atoms with E-state index in [4.69, 9.17) is 0 Å². The van der Waals surface area contributed by atoms with Crippen LogP contribution in [0.1, 0.15) is 59.3 Å². The molecule has 0 amide bonds. The fraction of sp³-hybridized carbons (Fsp3) is 0.375. The van der Waals surface area contributed by atoms with E-state index in [1.54, 1.807) is 6.07 Å². The minimum Gasteiger partial charge on any atom is -0.477 e. The van der Waals surface area contributed by atoms with Gasteiger partial charge in [0, 0.05) is 35.6 Å². The van der Waals surface area contributed by atoms with Crippen molar-refractivity contribution in [1.29, 1.82) is 0 Å². The number of benzene rings is 2. The summed E-state index contributed by atoms with van der Waals surface area (Å²) in [4.78, 5) is 12.3. The van der Waals surface area contributed by atoms with Gasteiger partial charge in [-0.3, -0.25) is 0 Å². The summed E-state index contributed by atoms with van der Waals surface area (Å²) >= 11 is 0. The van der Waals surface area contributed by atoms with Crippen molar-refractivity contribution in [1.82, 2.24) is 9.88 Å². The van der Waals surface area contributed by atoms with Gasteiger partial charge in [0.05, 0.1) is 0 Å². The number of carboxylic acid groups (broad SMARTS) is 1. The second kappa shape index (κ2) is 8.37. The predicted molar refractivity (Wildman–Crippen MR) is 113 cm³/mol. The van der Waals surface area contributed by atoms with Crippen LogP contribution < -0.4 is 5.32 Å². The first-order valence-corrected chi connectivity index (χ1v) is 10.4. The SMILES string of the molecule is Cc1ccc2c(CNC3CCCCC3)c(C(=O)O)n(Cc3cccc(F)c3)c2c1. The fourth-order valence-electron chi connectivity index (χ4n) is 4.49. The summed E-state index contributed by atoms with van der Waals surface area (Å²) in [5.41, 5.74) is 3.80. The topological polar surface area (TPSA) is 54.3 Å². The van der Waals surface area contributed by atoms with Crippen molar-refractivity contribution >= 4 is 16.9 Å². The number of hydrogen-bond donors (Lipinski definition) is 2. The molecule has 0 unspecified atom stereocenters. The minimum absolute atomic E-state index is 0.290. The molecule has 1 aromatic heterocycles. The van der Waals surface area contributed by atoms with Crippen molar-refractivity contribution in [3.05, 3.63) is 70.7 Å². The van der Waals surface area contributed by atoms with Crippen LogP contribution in [0.2, 0.25) is 0 Å². The maximum Gasteiger partial charge on any atom is 0.352 e. The Kier molecular flexibility index (Phi) is 5.67. The molecule has 1 aliphatic carbocycles. The van der Waals surface area contributed by atoms with Crippen LogP contribution in [-0.2, 0) is 13.1 Å². The van der Waals surface area contributed by atoms with Gasteiger partial charge in [0.1, 0.15) is 11.5 Å². The monoisotopic (exact) mass is 394 g/mol. The molecule has 1 saturated carbocycles. The molecule has 1 heterocycles. The number of hydrogen-bond acceptors (Lipinski definition) is 2. The van der Waals surface area contributed by atoms with E-state index in [9.17, 15) is 14.3 Å². The van der Waals surface area contributed by atoms with Gasteiger partial charge in [0.25, 0.3) is 0 Å². The van der Waals surface area contributed by atoms with Crippen molar-refractivity contribution in [2.75, 3.05) is 0 Å². The largest absolute Gasteiger partial charge is 0.477 e. The summed E-state index contributed by atoms with van der Waals surface area (Å²) in [6.07, 6.45) is 6.02. The number of fused-ring (bicyclic) bond motifs is 1. The maximum absolute atomic E-state index is 13.7. The average Bonchev–Trinajstić information content (AvgIpc) is 3.00. The molecule has 1 fully saturated rings. The Morgan fingerprint density at radius 1 is 1.17 bits per heavy atom. The molecule has 0 saturated heterocycles. The fourth-order valence-corrected chi connectivity index (χ4v) is 4.49. The van der Waals surface area contributed by atoms with Crippen LogP contribution in [0, 0.1) is 12.7 Å². The van der Waals surface area contributed by atoms with E-state index in [2.05, 4.69) is 5.32 Å². The van der Waals surface area contributed by atoms with E-state index >= 15 is 0 Å². The van der Waals surface area contributed by atoms with E-state index in [0.717, 1.165) is 40.4 Å². The Balaban J connectivity index is 1.77. The number of nitrogens with one attached hydrogen (secondary N) is 1. The Morgan fingerprint density at radius 2 is 1.97 bits per heavy atom. The molecule has 0 aliphatic heterocycles. The smallest absolute Gasteiger partial charge is 0.352 e. The Morgan fingerprint density at radius 3 is 2.69 bits per heavy atom. The molecule has 4 rings (SSSR count). The second-order valence-electron chi connectivity index (χ2n) is 8.08. The zero-order valence-electron chi connectivity index (χ0n) is 16.7. The number of halogens is 1. The molecule has 5 heteroatoms. The number of rotatable bonds is 6. The van der Waals surface area contributed by atoms with Crippen molar-refractivity contribution in [2.24, 2.45) is 0 Å². The van der Waals surface area contributed by atoms with Gasteiger partial charge in [-0.1, -0.05) is 43.5 Å². The molecule has 2 aromatic carbocycles. The lowest BCUT2D eigenvalue weighted by Crippen LogP contribution is -2.31. The van der Waals surface area contributed by atoms with Gasteiger partial charge in [-0.05, 0) is 49.1 Å². The molecule has 3 aromatic rings. The lowest BCUT2D eigenvalue weighted by atomic mass is 9.95. The molecule has 4 nitrogen and oxygen atoms in total. The van der Waals surface area contributed by atoms with Gasteiger partial charge >= 0.3 is 5.97 Å². The Bertz CT molecular complexity index is 1030. The highest BCUT2D eigenvalue weighted by atomic mass is 19.1. The van der Waals surface area contributed by atoms with Gasteiger partial charge in [-0.2, -0.15) is 0 Å². The molecule has 0 bridgehead atoms. The van der Waals surface area contributed by atoms with E-state index in [1.807, 2.05) is 35.8 Å². The van der Waals surface area contributed by atoms with Crippen molar-refractivity contribution in [3.8, 4) is 0 Å². The Hall–Kier alpha value is -2.66. The van der Waals surface area contributed by atoms with Crippen LogP contribution in [-0.4, -0.2) is 21.7 Å². The number of aromatic nitrogens is 1. The lowest BCUT2D eigenvalue weighted by Gasteiger charge is -2.23. The molecule has 0 radical (unpaired) electrons. The predicted octanol–water partition coefficient (Wildman–Crippen LogP) is 5.26. The second-order valence-corrected chi connectivity index (χ2v) is 8.08. The number of carboxylic acids is 1. The van der Waals surface area contributed by atoms with Crippen LogP contribution in [0.3, 0.4) is 0 Å². The first-order chi connectivity index (χ1) is 14.0. The summed E-state index contributed by atoms with van der Waals surface area (Å²) in [5, 5.41) is 14.6. The molecular formula is C24H27FN2O2. The number of aromatic carboxylic acids is 1. The summed E-state index contributed by atoms with van der Waals surface area (Å²) in [6.45, 7) is 2.85. The normalized spacial score (nSPS) is 15.1. The van der Waals surface area contributed by atoms with E-state index < -0.39 is 5.97 Å². The molecule has 2 N–H and O–H groups in total. The van der Waals surface area contributed by atoms with Gasteiger partial charge in [-0.25, -0.2) is 9.18 Å². The number of nitrogens with zero attached hydrogens (tertiary/aromatic N) is 1. The standard InChI is InChI=1S/C24H27FN2O2/c1-16-10-11-20-21(14-26-19-8-3-2-4-9-19)23(24(28)29)27(22(20)12-16)15-17-6-5-7-18(25)13-17/h5-7,10-13,19,26H,2-4,8-9,14-15H2,1H3,(H,28,29). The zero-order chi connectivity index (χ0) is 20.4. The third-order valence-corrected chi connectivity index (χ3v) is 5.93. The third-order valence-electron chi connectivity index (χ3n) is 5.93. The zero-order valence-corrected chi connectivity index (χ0v) is 16.7. The van der Waals surface area contributed by atoms with Crippen molar-refractivity contribution in [2.45, 2.75) is 58.2 Å². The van der Waals surface area contributed by atoms with Gasteiger partial charge in [-0.15, -0.1) is 0 Å². The molecule has 0 atom stereocenters. The summed E-state index contributed by atoms with van der Waals surface area (Å²) in [5.74, 6) is -1.26. The molecular weight excluding hydrogens is 367 g/mol. The van der Waals surface area contributed by atoms with E-state index in [0.29, 0.717) is 19.1 Å². The minimum atomic E-state index is -0.948. The molecule has 0 spiro atoms. The van der Waals surface area contributed by atoms with Gasteiger partial charge in [0.2, 0.25) is 0 Å². The van der Waals surface area contributed by atoms with E-state index in [-0.39, 0.29) is 11.5 Å².